The van der Waals surface area contributed by atoms with E-state index in [1.54, 1.807) is 36.4 Å². The van der Waals surface area contributed by atoms with E-state index in [2.05, 4.69) is 5.32 Å². The molecule has 0 radical (unpaired) electrons. The average molecular weight is 385 g/mol. The molecule has 1 aliphatic heterocycles. The summed E-state index contributed by atoms with van der Waals surface area (Å²) < 4.78 is 31.0. The molecular formula is C19H19N3O4S. The molecule has 1 amide bonds. The maximum Gasteiger partial charge on any atom is 0.255 e. The minimum Gasteiger partial charge on any atom is -0.492 e. The second-order valence-electron chi connectivity index (χ2n) is 6.00. The van der Waals surface area contributed by atoms with Gasteiger partial charge in [0.05, 0.1) is 35.4 Å². The number of rotatable bonds is 5. The fourth-order valence-electron chi connectivity index (χ4n) is 2.90. The normalized spacial score (nSPS) is 15.2. The molecule has 1 fully saturated rings. The molecule has 2 aromatic carbocycles. The van der Waals surface area contributed by atoms with Crippen LogP contribution in [0.3, 0.4) is 0 Å². The Bertz CT molecular complexity index is 1010. The molecule has 2 aromatic rings. The number of ether oxygens (including phenoxy) is 1. The van der Waals surface area contributed by atoms with Gasteiger partial charge in [-0.2, -0.15) is 5.26 Å². The van der Waals surface area contributed by atoms with Gasteiger partial charge in [-0.1, -0.05) is 6.07 Å². The second-order valence-corrected chi connectivity index (χ2v) is 8.01. The van der Waals surface area contributed by atoms with Crippen molar-refractivity contribution in [3.8, 4) is 11.8 Å². The highest BCUT2D eigenvalue weighted by molar-refractivity contribution is 7.93. The van der Waals surface area contributed by atoms with E-state index in [-0.39, 0.29) is 5.75 Å². The van der Waals surface area contributed by atoms with E-state index in [0.29, 0.717) is 47.8 Å². The summed E-state index contributed by atoms with van der Waals surface area (Å²) in [4.78, 5) is 12.7. The first-order valence-corrected chi connectivity index (χ1v) is 10.1. The van der Waals surface area contributed by atoms with Crippen molar-refractivity contribution >= 4 is 27.3 Å². The SMILES string of the molecule is CCOc1ccc(C#N)cc1NC(=O)c1cccc(N2CCCS2(=O)=O)c1. The Morgan fingerprint density at radius 3 is 2.78 bits per heavy atom. The molecule has 1 aliphatic rings. The van der Waals surface area contributed by atoms with Gasteiger partial charge in [0.15, 0.2) is 0 Å². The Morgan fingerprint density at radius 1 is 1.30 bits per heavy atom. The molecule has 0 unspecified atom stereocenters. The molecule has 0 bridgehead atoms. The van der Waals surface area contributed by atoms with E-state index < -0.39 is 15.9 Å². The number of nitrogens with one attached hydrogen (secondary N) is 1. The Kier molecular flexibility index (Phi) is 5.33. The van der Waals surface area contributed by atoms with Crippen molar-refractivity contribution < 1.29 is 17.9 Å². The van der Waals surface area contributed by atoms with Gasteiger partial charge in [-0.05, 0) is 49.7 Å². The van der Waals surface area contributed by atoms with Crippen molar-refractivity contribution in [3.05, 3.63) is 53.6 Å². The minimum absolute atomic E-state index is 0.113. The first-order valence-electron chi connectivity index (χ1n) is 8.53. The Hall–Kier alpha value is -3.05. The summed E-state index contributed by atoms with van der Waals surface area (Å²) in [7, 11) is -3.32. The molecule has 140 valence electrons. The summed E-state index contributed by atoms with van der Waals surface area (Å²) in [5.74, 6) is 0.162. The van der Waals surface area contributed by atoms with Crippen molar-refractivity contribution in [1.29, 1.82) is 5.26 Å². The number of benzene rings is 2. The molecule has 0 saturated carbocycles. The maximum absolute atomic E-state index is 12.7. The highest BCUT2D eigenvalue weighted by atomic mass is 32.2. The van der Waals surface area contributed by atoms with Crippen molar-refractivity contribution in [2.24, 2.45) is 0 Å². The van der Waals surface area contributed by atoms with Crippen LogP contribution in [0.2, 0.25) is 0 Å². The van der Waals surface area contributed by atoms with Gasteiger partial charge in [0.25, 0.3) is 5.91 Å². The van der Waals surface area contributed by atoms with Crippen LogP contribution in [0.25, 0.3) is 0 Å². The van der Waals surface area contributed by atoms with Crippen LogP contribution in [-0.4, -0.2) is 33.2 Å². The smallest absolute Gasteiger partial charge is 0.255 e. The van der Waals surface area contributed by atoms with Gasteiger partial charge >= 0.3 is 0 Å². The predicted octanol–water partition coefficient (Wildman–Crippen LogP) is 2.75. The molecule has 7 nitrogen and oxygen atoms in total. The number of hydrogen-bond acceptors (Lipinski definition) is 5. The van der Waals surface area contributed by atoms with Crippen molar-refractivity contribution in [1.82, 2.24) is 0 Å². The van der Waals surface area contributed by atoms with E-state index in [9.17, 15) is 13.2 Å². The van der Waals surface area contributed by atoms with Gasteiger partial charge in [0.1, 0.15) is 5.75 Å². The minimum atomic E-state index is -3.32. The first-order chi connectivity index (χ1) is 12.9. The molecule has 27 heavy (non-hydrogen) atoms. The topological polar surface area (TPSA) is 99.5 Å². The van der Waals surface area contributed by atoms with Crippen LogP contribution in [-0.2, 0) is 10.0 Å². The van der Waals surface area contributed by atoms with Gasteiger partial charge in [0.2, 0.25) is 10.0 Å². The highest BCUT2D eigenvalue weighted by Crippen LogP contribution is 2.28. The molecule has 8 heteroatoms. The summed E-state index contributed by atoms with van der Waals surface area (Å²) >= 11 is 0. The fourth-order valence-corrected chi connectivity index (χ4v) is 4.46. The van der Waals surface area contributed by atoms with E-state index in [1.165, 1.54) is 10.4 Å². The van der Waals surface area contributed by atoms with Crippen LogP contribution >= 0.6 is 0 Å². The van der Waals surface area contributed by atoms with E-state index >= 15 is 0 Å². The Balaban J connectivity index is 1.87. The van der Waals surface area contributed by atoms with Crippen LogP contribution in [0.5, 0.6) is 5.75 Å². The number of amides is 1. The summed E-state index contributed by atoms with van der Waals surface area (Å²) in [5, 5.41) is 11.8. The number of anilines is 2. The lowest BCUT2D eigenvalue weighted by atomic mass is 10.1. The second kappa shape index (κ2) is 7.68. The summed E-state index contributed by atoms with van der Waals surface area (Å²) in [6.07, 6.45) is 0.567. The van der Waals surface area contributed by atoms with Crippen LogP contribution in [0.15, 0.2) is 42.5 Å². The lowest BCUT2D eigenvalue weighted by molar-refractivity contribution is 0.102. The van der Waals surface area contributed by atoms with Crippen LogP contribution in [0.1, 0.15) is 29.3 Å². The lowest BCUT2D eigenvalue weighted by Crippen LogP contribution is -2.25. The molecule has 0 aliphatic carbocycles. The van der Waals surface area contributed by atoms with Crippen molar-refractivity contribution in [2.75, 3.05) is 28.5 Å². The third kappa shape index (κ3) is 4.04. The number of hydrogen-bond donors (Lipinski definition) is 1. The highest BCUT2D eigenvalue weighted by Gasteiger charge is 2.28. The number of nitrogens with zero attached hydrogens (tertiary/aromatic N) is 2. The van der Waals surface area contributed by atoms with E-state index in [4.69, 9.17) is 10.00 Å². The van der Waals surface area contributed by atoms with E-state index in [0.717, 1.165) is 0 Å². The molecular weight excluding hydrogens is 366 g/mol. The third-order valence-corrected chi connectivity index (χ3v) is 6.02. The molecule has 0 aromatic heterocycles. The molecule has 3 rings (SSSR count). The third-order valence-electron chi connectivity index (χ3n) is 4.15. The number of carbonyl (C=O) groups is 1. The van der Waals surface area contributed by atoms with Crippen molar-refractivity contribution in [2.45, 2.75) is 13.3 Å². The molecule has 1 saturated heterocycles. The zero-order valence-corrected chi connectivity index (χ0v) is 15.6. The summed E-state index contributed by atoms with van der Waals surface area (Å²) in [6.45, 7) is 2.65. The first kappa shape index (κ1) is 18.7. The van der Waals surface area contributed by atoms with Crippen LogP contribution < -0.4 is 14.4 Å². The predicted molar refractivity (Wildman–Crippen MR) is 102 cm³/mol. The average Bonchev–Trinajstić information content (AvgIpc) is 3.02. The number of nitriles is 1. The quantitative estimate of drug-likeness (QED) is 0.853. The zero-order chi connectivity index (χ0) is 19.4. The van der Waals surface area contributed by atoms with Gasteiger partial charge in [0, 0.05) is 12.1 Å². The van der Waals surface area contributed by atoms with Crippen LogP contribution in [0.4, 0.5) is 11.4 Å². The summed E-state index contributed by atoms with van der Waals surface area (Å²) in [5.41, 5.74) is 1.57. The van der Waals surface area contributed by atoms with Gasteiger partial charge in [-0.3, -0.25) is 9.10 Å². The van der Waals surface area contributed by atoms with E-state index in [1.807, 2.05) is 13.0 Å². The largest absolute Gasteiger partial charge is 0.492 e. The Morgan fingerprint density at radius 2 is 2.11 bits per heavy atom. The number of sulfonamides is 1. The standard InChI is InChI=1S/C19H19N3O4S/c1-2-26-18-8-7-14(13-20)11-17(18)21-19(23)15-5-3-6-16(12-15)22-9-4-10-27(22,24)25/h3,5-8,11-12H,2,4,9-10H2,1H3,(H,21,23). The van der Waals surface area contributed by atoms with Gasteiger partial charge in [-0.15, -0.1) is 0 Å². The maximum atomic E-state index is 12.7. The zero-order valence-electron chi connectivity index (χ0n) is 14.8. The molecule has 0 atom stereocenters. The van der Waals surface area contributed by atoms with Crippen molar-refractivity contribution in [3.63, 3.8) is 0 Å². The van der Waals surface area contributed by atoms with Gasteiger partial charge in [-0.25, -0.2) is 8.42 Å². The van der Waals surface area contributed by atoms with Gasteiger partial charge < -0.3 is 10.1 Å². The number of carbonyl (C=O) groups excluding carboxylic acids is 1. The Labute approximate surface area is 158 Å². The molecule has 1 heterocycles. The van der Waals surface area contributed by atoms with Crippen LogP contribution in [0, 0.1) is 11.3 Å². The summed E-state index contributed by atoms with van der Waals surface area (Å²) in [6, 6.07) is 13.3. The molecule has 0 spiro atoms. The molecule has 1 N–H and O–H groups in total. The fraction of sp³-hybridized carbons (Fsp3) is 0.263. The lowest BCUT2D eigenvalue weighted by Gasteiger charge is -2.18. The monoisotopic (exact) mass is 385 g/mol.